The highest BCUT2D eigenvalue weighted by Gasteiger charge is 2.46. The fourth-order valence-corrected chi connectivity index (χ4v) is 4.06. The highest BCUT2D eigenvalue weighted by Crippen LogP contribution is 2.48. The van der Waals surface area contributed by atoms with E-state index in [0.717, 1.165) is 0 Å². The van der Waals surface area contributed by atoms with E-state index in [1.54, 1.807) is 5.38 Å². The Labute approximate surface area is 185 Å². The molecule has 1 aromatic heterocycles. The number of aliphatic hydroxyl groups is 1. The van der Waals surface area contributed by atoms with Crippen molar-refractivity contribution in [3.63, 3.8) is 0 Å². The van der Waals surface area contributed by atoms with E-state index in [9.17, 15) is 39.5 Å². The molecule has 2 heterocycles. The number of aromatic nitrogens is 1. The summed E-state index contributed by atoms with van der Waals surface area (Å²) in [6.45, 7) is 0.669. The number of halogens is 9. The van der Waals surface area contributed by atoms with Crippen molar-refractivity contribution < 1.29 is 49.4 Å². The summed E-state index contributed by atoms with van der Waals surface area (Å²) >= 11 is 1.25. The lowest BCUT2D eigenvalue weighted by atomic mass is 10.0. The lowest BCUT2D eigenvalue weighted by Gasteiger charge is -2.33. The molecule has 0 spiro atoms. The van der Waals surface area contributed by atoms with Crippen molar-refractivity contribution in [1.29, 1.82) is 0 Å². The van der Waals surface area contributed by atoms with E-state index in [1.807, 2.05) is 4.90 Å². The van der Waals surface area contributed by atoms with Crippen LogP contribution in [0.3, 0.4) is 0 Å². The van der Waals surface area contributed by atoms with Crippen molar-refractivity contribution >= 4 is 11.3 Å². The van der Waals surface area contributed by atoms with Gasteiger partial charge in [-0.3, -0.25) is 4.90 Å². The van der Waals surface area contributed by atoms with Gasteiger partial charge in [-0.15, -0.1) is 11.3 Å². The summed E-state index contributed by atoms with van der Waals surface area (Å²) in [4.78, 5) is 6.03. The maximum absolute atomic E-state index is 13.4. The summed E-state index contributed by atoms with van der Waals surface area (Å²) in [5.41, 5.74) is -5.64. The SMILES string of the molecule is OCc1nc(CN2CCC(Oc3c(C(F)(F)F)cc(C(F)(F)F)cc3C(F)(F)F)CC2)cs1. The van der Waals surface area contributed by atoms with Gasteiger partial charge in [-0.05, 0) is 25.0 Å². The first-order valence-electron chi connectivity index (χ1n) is 9.51. The Bertz CT molecular complexity index is 926. The number of hydrogen-bond acceptors (Lipinski definition) is 5. The van der Waals surface area contributed by atoms with Crippen LogP contribution >= 0.6 is 11.3 Å². The maximum Gasteiger partial charge on any atom is 0.419 e. The minimum Gasteiger partial charge on any atom is -0.489 e. The number of benzene rings is 1. The second-order valence-electron chi connectivity index (χ2n) is 7.38. The third-order valence-electron chi connectivity index (χ3n) is 4.97. The molecule has 0 bridgehead atoms. The van der Waals surface area contributed by atoms with Gasteiger partial charge in [-0.1, -0.05) is 0 Å². The maximum atomic E-state index is 13.4. The molecule has 33 heavy (non-hydrogen) atoms. The topological polar surface area (TPSA) is 45.6 Å². The third kappa shape index (κ3) is 6.29. The van der Waals surface area contributed by atoms with Crippen LogP contribution in [0.4, 0.5) is 39.5 Å². The van der Waals surface area contributed by atoms with Crippen LogP contribution in [-0.4, -0.2) is 34.2 Å². The lowest BCUT2D eigenvalue weighted by molar-refractivity contribution is -0.151. The molecule has 4 nitrogen and oxygen atoms in total. The van der Waals surface area contributed by atoms with Crippen LogP contribution in [0.25, 0.3) is 0 Å². The highest BCUT2D eigenvalue weighted by molar-refractivity contribution is 7.09. The zero-order valence-corrected chi connectivity index (χ0v) is 17.4. The van der Waals surface area contributed by atoms with Crippen molar-refractivity contribution in [3.05, 3.63) is 44.9 Å². The molecule has 0 atom stereocenters. The molecular weight excluding hydrogens is 491 g/mol. The van der Waals surface area contributed by atoms with E-state index in [-0.39, 0.29) is 44.7 Å². The molecule has 1 N–H and O–H groups in total. The summed E-state index contributed by atoms with van der Waals surface area (Å²) in [6, 6.07) is -0.721. The molecule has 0 amide bonds. The van der Waals surface area contributed by atoms with Gasteiger partial charge in [0.1, 0.15) is 16.9 Å². The number of aliphatic hydroxyl groups excluding tert-OH is 1. The molecule has 0 unspecified atom stereocenters. The first kappa shape index (κ1) is 25.6. The van der Waals surface area contributed by atoms with Crippen LogP contribution in [-0.2, 0) is 31.7 Å². The van der Waals surface area contributed by atoms with Gasteiger partial charge in [0, 0.05) is 25.0 Å². The summed E-state index contributed by atoms with van der Waals surface area (Å²) in [7, 11) is 0. The van der Waals surface area contributed by atoms with Crippen molar-refractivity contribution in [2.75, 3.05) is 13.1 Å². The molecule has 0 aliphatic carbocycles. The molecule has 0 saturated carbocycles. The van der Waals surface area contributed by atoms with Crippen molar-refractivity contribution in [1.82, 2.24) is 9.88 Å². The van der Waals surface area contributed by atoms with E-state index in [2.05, 4.69) is 4.98 Å². The van der Waals surface area contributed by atoms with Crippen LogP contribution in [0.2, 0.25) is 0 Å². The zero-order valence-electron chi connectivity index (χ0n) is 16.6. The van der Waals surface area contributed by atoms with E-state index in [0.29, 0.717) is 17.2 Å². The largest absolute Gasteiger partial charge is 0.489 e. The summed E-state index contributed by atoms with van der Waals surface area (Å²) < 4.78 is 125. The number of alkyl halides is 9. The average molecular weight is 508 g/mol. The van der Waals surface area contributed by atoms with E-state index < -0.39 is 47.1 Å². The van der Waals surface area contributed by atoms with Gasteiger partial charge >= 0.3 is 18.5 Å². The molecule has 3 rings (SSSR count). The number of hydrogen-bond donors (Lipinski definition) is 1. The van der Waals surface area contributed by atoms with Crippen LogP contribution in [0.1, 0.15) is 40.2 Å². The molecule has 1 aliphatic rings. The molecule has 1 fully saturated rings. The highest BCUT2D eigenvalue weighted by atomic mass is 32.1. The van der Waals surface area contributed by atoms with Crippen LogP contribution in [0.5, 0.6) is 5.75 Å². The fourth-order valence-electron chi connectivity index (χ4n) is 3.42. The molecule has 14 heteroatoms. The minimum atomic E-state index is -5.49. The predicted octanol–water partition coefficient (Wildman–Crippen LogP) is 5.74. The van der Waals surface area contributed by atoms with E-state index in [1.165, 1.54) is 11.3 Å². The number of thiazole rings is 1. The molecule has 1 saturated heterocycles. The predicted molar refractivity (Wildman–Crippen MR) is 98.4 cm³/mol. The zero-order chi connectivity index (χ0) is 24.6. The van der Waals surface area contributed by atoms with Crippen molar-refractivity contribution in [3.8, 4) is 5.75 Å². The van der Waals surface area contributed by atoms with E-state index in [4.69, 9.17) is 9.84 Å². The second-order valence-corrected chi connectivity index (χ2v) is 8.32. The Morgan fingerprint density at radius 1 is 0.939 bits per heavy atom. The fraction of sp³-hybridized carbons (Fsp3) is 0.526. The van der Waals surface area contributed by atoms with Gasteiger partial charge in [-0.2, -0.15) is 39.5 Å². The first-order chi connectivity index (χ1) is 15.2. The second kappa shape index (κ2) is 9.29. The van der Waals surface area contributed by atoms with Crippen LogP contribution < -0.4 is 4.74 Å². The normalized spacial score (nSPS) is 16.9. The van der Waals surface area contributed by atoms with Gasteiger partial charge in [0.15, 0.2) is 0 Å². The Balaban J connectivity index is 1.82. The van der Waals surface area contributed by atoms with Crippen molar-refractivity contribution in [2.45, 2.75) is 50.6 Å². The Morgan fingerprint density at radius 3 is 1.91 bits per heavy atom. The van der Waals surface area contributed by atoms with Gasteiger partial charge in [0.05, 0.1) is 29.0 Å². The van der Waals surface area contributed by atoms with E-state index >= 15 is 0 Å². The Kier molecular flexibility index (Phi) is 7.20. The summed E-state index contributed by atoms with van der Waals surface area (Å²) in [5.74, 6) is -1.64. The number of rotatable bonds is 5. The van der Waals surface area contributed by atoms with Crippen LogP contribution in [0, 0.1) is 0 Å². The standard InChI is InChI=1S/C19H17F9N2O2S/c20-17(21,22)10-5-13(18(23,24)25)16(14(6-10)19(26,27)28)32-12-1-3-30(4-2-12)7-11-9-33-15(8-31)29-11/h5-6,9,12,31H,1-4,7-8H2. The molecule has 184 valence electrons. The average Bonchev–Trinajstić information content (AvgIpc) is 3.14. The van der Waals surface area contributed by atoms with Gasteiger partial charge in [0.25, 0.3) is 0 Å². The smallest absolute Gasteiger partial charge is 0.419 e. The molecule has 0 radical (unpaired) electrons. The number of likely N-dealkylation sites (tertiary alicyclic amines) is 1. The monoisotopic (exact) mass is 508 g/mol. The Hall–Kier alpha value is -2.06. The quantitative estimate of drug-likeness (QED) is 0.524. The van der Waals surface area contributed by atoms with Gasteiger partial charge in [-0.25, -0.2) is 4.98 Å². The molecular formula is C19H17F9N2O2S. The molecule has 1 aromatic carbocycles. The molecule has 1 aliphatic heterocycles. The number of piperidine rings is 1. The number of nitrogens with zero attached hydrogens (tertiary/aromatic N) is 2. The minimum absolute atomic E-state index is 0.0621. The number of ether oxygens (including phenoxy) is 1. The van der Waals surface area contributed by atoms with Crippen LogP contribution in [0.15, 0.2) is 17.5 Å². The van der Waals surface area contributed by atoms with Gasteiger partial charge in [0.2, 0.25) is 0 Å². The first-order valence-corrected chi connectivity index (χ1v) is 10.4. The third-order valence-corrected chi connectivity index (χ3v) is 5.85. The summed E-state index contributed by atoms with van der Waals surface area (Å²) in [6.07, 6.45) is -17.3. The van der Waals surface area contributed by atoms with Gasteiger partial charge < -0.3 is 9.84 Å². The Morgan fingerprint density at radius 2 is 1.48 bits per heavy atom. The van der Waals surface area contributed by atoms with Crippen molar-refractivity contribution in [2.24, 2.45) is 0 Å². The lowest BCUT2D eigenvalue weighted by Crippen LogP contribution is -2.38. The summed E-state index contributed by atoms with van der Waals surface area (Å²) in [5, 5.41) is 11.3. The molecule has 2 aromatic rings.